The lowest BCUT2D eigenvalue weighted by Crippen LogP contribution is -2.00. The topological polar surface area (TPSA) is 9.86 Å². The van der Waals surface area contributed by atoms with E-state index in [1.165, 1.54) is 54.9 Å². The van der Waals surface area contributed by atoms with E-state index in [0.717, 1.165) is 24.9 Å². The summed E-state index contributed by atoms with van der Waals surface area (Å²) in [4.78, 5) is 0. The van der Waals surface area contributed by atoms with Crippen molar-refractivity contribution in [3.63, 3.8) is 0 Å². The Hall–Kier alpha value is -4.30. The zero-order valence-corrected chi connectivity index (χ0v) is 19.6. The SMILES string of the molecule is C=Cc1ccc(Cn2c3ccccc3c3ccc4c(c5ccccc5n4C4=CC=CCC4)c32)cc1. The van der Waals surface area contributed by atoms with Crippen molar-refractivity contribution in [2.24, 2.45) is 0 Å². The van der Waals surface area contributed by atoms with Gasteiger partial charge in [-0.25, -0.2) is 0 Å². The van der Waals surface area contributed by atoms with E-state index in [2.05, 4.69) is 119 Å². The Kier molecular flexibility index (Phi) is 4.53. The highest BCUT2D eigenvalue weighted by molar-refractivity contribution is 6.25. The molecule has 0 saturated carbocycles. The summed E-state index contributed by atoms with van der Waals surface area (Å²) < 4.78 is 5.00. The second-order valence-electron chi connectivity index (χ2n) is 9.38. The lowest BCUT2D eigenvalue weighted by atomic mass is 10.1. The van der Waals surface area contributed by atoms with Gasteiger partial charge in [0.05, 0.1) is 16.6 Å². The lowest BCUT2D eigenvalue weighted by molar-refractivity contribution is 0.871. The number of allylic oxidation sites excluding steroid dienone is 4. The van der Waals surface area contributed by atoms with Crippen LogP contribution in [0.5, 0.6) is 0 Å². The predicted molar refractivity (Wildman–Crippen MR) is 151 cm³/mol. The van der Waals surface area contributed by atoms with Crippen LogP contribution >= 0.6 is 0 Å². The molecule has 0 aliphatic heterocycles. The lowest BCUT2D eigenvalue weighted by Gasteiger charge is -2.14. The zero-order chi connectivity index (χ0) is 23.4. The maximum absolute atomic E-state index is 3.91. The molecule has 168 valence electrons. The molecule has 1 aliphatic carbocycles. The summed E-state index contributed by atoms with van der Waals surface area (Å²) in [5.74, 6) is 0. The van der Waals surface area contributed by atoms with Gasteiger partial charge in [0.2, 0.25) is 0 Å². The summed E-state index contributed by atoms with van der Waals surface area (Å²) in [6.07, 6.45) is 10.8. The second kappa shape index (κ2) is 7.89. The number of benzene rings is 4. The van der Waals surface area contributed by atoms with Crippen molar-refractivity contribution in [1.82, 2.24) is 9.13 Å². The predicted octanol–water partition coefficient (Wildman–Crippen LogP) is 8.78. The molecule has 2 heterocycles. The molecule has 0 saturated heterocycles. The van der Waals surface area contributed by atoms with Crippen molar-refractivity contribution < 1.29 is 0 Å². The van der Waals surface area contributed by atoms with E-state index in [1.807, 2.05) is 6.08 Å². The molecule has 35 heavy (non-hydrogen) atoms. The molecule has 4 aromatic carbocycles. The third kappa shape index (κ3) is 3.03. The average molecular weight is 451 g/mol. The van der Waals surface area contributed by atoms with Gasteiger partial charge >= 0.3 is 0 Å². The molecule has 0 spiro atoms. The minimum absolute atomic E-state index is 0.825. The van der Waals surface area contributed by atoms with Gasteiger partial charge in [-0.15, -0.1) is 0 Å². The van der Waals surface area contributed by atoms with Crippen LogP contribution in [0.3, 0.4) is 0 Å². The molecule has 0 atom stereocenters. The maximum Gasteiger partial charge on any atom is 0.0596 e. The fourth-order valence-electron chi connectivity index (χ4n) is 5.79. The Morgan fingerprint density at radius 2 is 1.51 bits per heavy atom. The maximum atomic E-state index is 3.91. The molecule has 0 radical (unpaired) electrons. The Morgan fingerprint density at radius 1 is 0.743 bits per heavy atom. The number of nitrogens with zero attached hydrogens (tertiary/aromatic N) is 2. The van der Waals surface area contributed by atoms with Crippen molar-refractivity contribution in [2.45, 2.75) is 19.4 Å². The van der Waals surface area contributed by atoms with Crippen molar-refractivity contribution >= 4 is 55.4 Å². The quantitative estimate of drug-likeness (QED) is 0.254. The first-order valence-electron chi connectivity index (χ1n) is 12.3. The summed E-state index contributed by atoms with van der Waals surface area (Å²) in [6, 6.07) is 31.1. The summed E-state index contributed by atoms with van der Waals surface area (Å²) in [6.45, 7) is 4.73. The molecule has 0 amide bonds. The highest BCUT2D eigenvalue weighted by atomic mass is 15.0. The van der Waals surface area contributed by atoms with Crippen molar-refractivity contribution in [3.05, 3.63) is 121 Å². The minimum Gasteiger partial charge on any atom is -0.335 e. The van der Waals surface area contributed by atoms with Crippen LogP contribution in [0, 0.1) is 0 Å². The summed E-state index contributed by atoms with van der Waals surface area (Å²) >= 11 is 0. The number of hydrogen-bond acceptors (Lipinski definition) is 0. The molecule has 2 nitrogen and oxygen atoms in total. The van der Waals surface area contributed by atoms with E-state index in [1.54, 1.807) is 0 Å². The van der Waals surface area contributed by atoms with Crippen LogP contribution in [-0.2, 0) is 6.54 Å². The molecule has 0 N–H and O–H groups in total. The van der Waals surface area contributed by atoms with Gasteiger partial charge in [-0.2, -0.15) is 0 Å². The second-order valence-corrected chi connectivity index (χ2v) is 9.38. The zero-order valence-electron chi connectivity index (χ0n) is 19.6. The minimum atomic E-state index is 0.825. The number of aromatic nitrogens is 2. The first-order chi connectivity index (χ1) is 17.3. The highest BCUT2D eigenvalue weighted by Crippen LogP contribution is 2.41. The van der Waals surface area contributed by atoms with E-state index < -0.39 is 0 Å². The van der Waals surface area contributed by atoms with Crippen LogP contribution in [0.15, 0.2) is 110 Å². The van der Waals surface area contributed by atoms with Crippen LogP contribution in [0.4, 0.5) is 0 Å². The molecule has 0 fully saturated rings. The fraction of sp³-hybridized carbons (Fsp3) is 0.0909. The average Bonchev–Trinajstić information content (AvgIpc) is 3.42. The van der Waals surface area contributed by atoms with Gasteiger partial charge in [0.15, 0.2) is 0 Å². The molecule has 0 bridgehead atoms. The monoisotopic (exact) mass is 450 g/mol. The first-order valence-corrected chi connectivity index (χ1v) is 12.3. The Bertz CT molecular complexity index is 1820. The summed E-state index contributed by atoms with van der Waals surface area (Å²) in [7, 11) is 0. The molecule has 1 aliphatic rings. The normalized spacial score (nSPS) is 13.8. The Morgan fingerprint density at radius 3 is 2.29 bits per heavy atom. The third-order valence-electron chi connectivity index (χ3n) is 7.40. The van der Waals surface area contributed by atoms with Gasteiger partial charge in [-0.1, -0.05) is 91.5 Å². The molecular formula is C33H26N2. The van der Waals surface area contributed by atoms with Crippen molar-refractivity contribution in [3.8, 4) is 0 Å². The van der Waals surface area contributed by atoms with Crippen LogP contribution in [0.2, 0.25) is 0 Å². The largest absolute Gasteiger partial charge is 0.335 e. The summed E-state index contributed by atoms with van der Waals surface area (Å²) in [5, 5.41) is 5.28. The molecule has 7 rings (SSSR count). The van der Waals surface area contributed by atoms with Crippen molar-refractivity contribution in [2.75, 3.05) is 0 Å². The van der Waals surface area contributed by atoms with Gasteiger partial charge in [0.1, 0.15) is 0 Å². The van der Waals surface area contributed by atoms with Gasteiger partial charge in [-0.05, 0) is 48.2 Å². The number of rotatable bonds is 4. The molecule has 2 heteroatoms. The van der Waals surface area contributed by atoms with Crippen molar-refractivity contribution in [1.29, 1.82) is 0 Å². The van der Waals surface area contributed by atoms with Gasteiger partial charge < -0.3 is 9.13 Å². The van der Waals surface area contributed by atoms with E-state index in [9.17, 15) is 0 Å². The van der Waals surface area contributed by atoms with Gasteiger partial charge in [0, 0.05) is 39.3 Å². The summed E-state index contributed by atoms with van der Waals surface area (Å²) in [5.41, 5.74) is 8.96. The van der Waals surface area contributed by atoms with Crippen LogP contribution in [0.1, 0.15) is 24.0 Å². The highest BCUT2D eigenvalue weighted by Gasteiger charge is 2.20. The van der Waals surface area contributed by atoms with Gasteiger partial charge in [0.25, 0.3) is 0 Å². The van der Waals surface area contributed by atoms with E-state index in [-0.39, 0.29) is 0 Å². The van der Waals surface area contributed by atoms with E-state index in [0.29, 0.717) is 0 Å². The van der Waals surface area contributed by atoms with E-state index >= 15 is 0 Å². The molecular weight excluding hydrogens is 424 g/mol. The van der Waals surface area contributed by atoms with Crippen LogP contribution in [0.25, 0.3) is 55.4 Å². The first kappa shape index (κ1) is 20.1. The number of para-hydroxylation sites is 2. The van der Waals surface area contributed by atoms with E-state index in [4.69, 9.17) is 0 Å². The molecule has 6 aromatic rings. The van der Waals surface area contributed by atoms with Gasteiger partial charge in [-0.3, -0.25) is 0 Å². The number of hydrogen-bond donors (Lipinski definition) is 0. The number of fused-ring (bicyclic) bond motifs is 7. The Balaban J connectivity index is 1.60. The Labute approximate surface area is 204 Å². The third-order valence-corrected chi connectivity index (χ3v) is 7.40. The van der Waals surface area contributed by atoms with Crippen LogP contribution < -0.4 is 0 Å². The smallest absolute Gasteiger partial charge is 0.0596 e. The molecule has 0 unspecified atom stereocenters. The standard InChI is InChI=1S/C33H26N2/c1-2-23-16-18-24(19-17-23)22-34-29-14-8-6-12-26(29)27-20-21-31-32(33(27)34)28-13-7-9-15-30(28)35(31)25-10-4-3-5-11-25/h2-4,6-10,12-21H,1,5,11,22H2. The fourth-order valence-corrected chi connectivity index (χ4v) is 5.79. The molecule has 2 aromatic heterocycles. The van der Waals surface area contributed by atoms with Crippen LogP contribution in [-0.4, -0.2) is 9.13 Å².